The Morgan fingerprint density at radius 3 is 2.26 bits per heavy atom. The highest BCUT2D eigenvalue weighted by Gasteiger charge is 2.25. The largest absolute Gasteiger partial charge is 0.490 e. The normalized spacial score (nSPS) is 13.5. The van der Waals surface area contributed by atoms with Crippen molar-refractivity contribution in [1.29, 1.82) is 0 Å². The standard InChI is InChI=1S/C27H33N5O3/c1-5-34-23-12-9-21(18-24(23)35-6-2)26(33)31-13-15-32(16-14-31)27-28-20(4)17-25(30-27)29-22-10-7-19(3)8-11-22/h7-12,17-18H,5-6,13-16H2,1-4H3,(H,28,29,30). The van der Waals surface area contributed by atoms with Crippen molar-refractivity contribution in [3.63, 3.8) is 0 Å². The Hall–Kier alpha value is -3.81. The SMILES string of the molecule is CCOc1ccc(C(=O)N2CCN(c3nc(C)cc(Nc4ccc(C)cc4)n3)CC2)cc1OCC. The lowest BCUT2D eigenvalue weighted by Crippen LogP contribution is -2.49. The Labute approximate surface area is 206 Å². The highest BCUT2D eigenvalue weighted by Crippen LogP contribution is 2.29. The van der Waals surface area contributed by atoms with Gasteiger partial charge in [-0.3, -0.25) is 4.79 Å². The predicted octanol–water partition coefficient (Wildman–Crippen LogP) is 4.60. The van der Waals surface area contributed by atoms with Gasteiger partial charge in [-0.05, 0) is 58.0 Å². The Balaban J connectivity index is 1.42. The number of anilines is 3. The molecule has 1 fully saturated rings. The fraction of sp³-hybridized carbons (Fsp3) is 0.370. The van der Waals surface area contributed by atoms with Crippen molar-refractivity contribution < 1.29 is 14.3 Å². The van der Waals surface area contributed by atoms with Crippen LogP contribution in [-0.2, 0) is 0 Å². The number of aromatic nitrogens is 2. The summed E-state index contributed by atoms with van der Waals surface area (Å²) >= 11 is 0. The van der Waals surface area contributed by atoms with E-state index in [1.807, 2.05) is 43.9 Å². The number of piperazine rings is 1. The number of benzene rings is 2. The third-order valence-electron chi connectivity index (χ3n) is 5.81. The number of aryl methyl sites for hydroxylation is 2. The van der Waals surface area contributed by atoms with Crippen LogP contribution in [0.3, 0.4) is 0 Å². The van der Waals surface area contributed by atoms with E-state index in [9.17, 15) is 4.79 Å². The fourth-order valence-electron chi connectivity index (χ4n) is 4.02. The molecule has 2 heterocycles. The number of ether oxygens (including phenoxy) is 2. The van der Waals surface area contributed by atoms with Crippen LogP contribution in [-0.4, -0.2) is 60.2 Å². The van der Waals surface area contributed by atoms with E-state index in [-0.39, 0.29) is 5.91 Å². The molecule has 3 aromatic rings. The van der Waals surface area contributed by atoms with E-state index in [0.29, 0.717) is 62.4 Å². The van der Waals surface area contributed by atoms with Crippen LogP contribution < -0.4 is 19.7 Å². The van der Waals surface area contributed by atoms with Crippen LogP contribution in [0, 0.1) is 13.8 Å². The average Bonchev–Trinajstić information content (AvgIpc) is 2.86. The number of carbonyl (C=O) groups is 1. The molecule has 1 aliphatic rings. The molecule has 4 rings (SSSR count). The molecule has 35 heavy (non-hydrogen) atoms. The Kier molecular flexibility index (Phi) is 7.70. The minimum atomic E-state index is -0.0134. The minimum Gasteiger partial charge on any atom is -0.490 e. The van der Waals surface area contributed by atoms with Crippen molar-refractivity contribution in [2.45, 2.75) is 27.7 Å². The summed E-state index contributed by atoms with van der Waals surface area (Å²) in [7, 11) is 0. The summed E-state index contributed by atoms with van der Waals surface area (Å²) in [4.78, 5) is 26.5. The molecule has 1 aromatic heterocycles. The first-order valence-corrected chi connectivity index (χ1v) is 12.1. The smallest absolute Gasteiger partial charge is 0.254 e. The summed E-state index contributed by atoms with van der Waals surface area (Å²) < 4.78 is 11.3. The first-order chi connectivity index (χ1) is 17.0. The second-order valence-electron chi connectivity index (χ2n) is 8.49. The van der Waals surface area contributed by atoms with Gasteiger partial charge in [-0.25, -0.2) is 4.98 Å². The van der Waals surface area contributed by atoms with Crippen LogP contribution in [0.1, 0.15) is 35.5 Å². The number of nitrogens with zero attached hydrogens (tertiary/aromatic N) is 4. The van der Waals surface area contributed by atoms with Gasteiger partial charge < -0.3 is 24.6 Å². The van der Waals surface area contributed by atoms with Crippen LogP contribution in [0.5, 0.6) is 11.5 Å². The number of amides is 1. The lowest BCUT2D eigenvalue weighted by atomic mass is 10.1. The molecule has 1 amide bonds. The lowest BCUT2D eigenvalue weighted by molar-refractivity contribution is 0.0745. The van der Waals surface area contributed by atoms with Crippen molar-refractivity contribution in [1.82, 2.24) is 14.9 Å². The van der Waals surface area contributed by atoms with Crippen molar-refractivity contribution in [2.24, 2.45) is 0 Å². The Morgan fingerprint density at radius 1 is 0.886 bits per heavy atom. The third kappa shape index (κ3) is 6.01. The monoisotopic (exact) mass is 475 g/mol. The maximum absolute atomic E-state index is 13.2. The van der Waals surface area contributed by atoms with Gasteiger partial charge >= 0.3 is 0 Å². The second kappa shape index (κ2) is 11.1. The summed E-state index contributed by atoms with van der Waals surface area (Å²) in [5.41, 5.74) is 3.68. The van der Waals surface area contributed by atoms with E-state index in [2.05, 4.69) is 34.3 Å². The van der Waals surface area contributed by atoms with Gasteiger partial charge in [-0.2, -0.15) is 4.98 Å². The van der Waals surface area contributed by atoms with E-state index in [4.69, 9.17) is 14.5 Å². The lowest BCUT2D eigenvalue weighted by Gasteiger charge is -2.35. The molecular formula is C27H33N5O3. The summed E-state index contributed by atoms with van der Waals surface area (Å²) in [6, 6.07) is 15.5. The quantitative estimate of drug-likeness (QED) is 0.510. The molecule has 0 spiro atoms. The van der Waals surface area contributed by atoms with Crippen LogP contribution in [0.25, 0.3) is 0 Å². The molecule has 8 nitrogen and oxygen atoms in total. The van der Waals surface area contributed by atoms with Gasteiger partial charge in [0, 0.05) is 49.2 Å². The van der Waals surface area contributed by atoms with E-state index >= 15 is 0 Å². The van der Waals surface area contributed by atoms with E-state index < -0.39 is 0 Å². The summed E-state index contributed by atoms with van der Waals surface area (Å²) in [6.45, 7) is 11.4. The summed E-state index contributed by atoms with van der Waals surface area (Å²) in [5, 5.41) is 3.36. The molecule has 184 valence electrons. The van der Waals surface area contributed by atoms with Gasteiger partial charge in [0.1, 0.15) is 5.82 Å². The van der Waals surface area contributed by atoms with E-state index in [1.165, 1.54) is 5.56 Å². The number of carbonyl (C=O) groups excluding carboxylic acids is 1. The van der Waals surface area contributed by atoms with Crippen LogP contribution >= 0.6 is 0 Å². The van der Waals surface area contributed by atoms with Gasteiger partial charge in [0.25, 0.3) is 5.91 Å². The minimum absolute atomic E-state index is 0.0134. The molecule has 0 aliphatic carbocycles. The number of nitrogens with one attached hydrogen (secondary N) is 1. The first-order valence-electron chi connectivity index (χ1n) is 12.1. The van der Waals surface area contributed by atoms with E-state index in [0.717, 1.165) is 17.2 Å². The van der Waals surface area contributed by atoms with E-state index in [1.54, 1.807) is 18.2 Å². The maximum atomic E-state index is 13.2. The van der Waals surface area contributed by atoms with Crippen LogP contribution in [0.15, 0.2) is 48.5 Å². The molecule has 0 saturated carbocycles. The molecule has 0 radical (unpaired) electrons. The van der Waals surface area contributed by atoms with Crippen molar-refractivity contribution in [3.05, 3.63) is 65.4 Å². The number of rotatable bonds is 8. The zero-order valence-corrected chi connectivity index (χ0v) is 20.9. The maximum Gasteiger partial charge on any atom is 0.254 e. The molecule has 0 bridgehead atoms. The summed E-state index contributed by atoms with van der Waals surface area (Å²) in [5.74, 6) is 2.67. The van der Waals surface area contributed by atoms with Crippen molar-refractivity contribution in [2.75, 3.05) is 49.6 Å². The van der Waals surface area contributed by atoms with Crippen molar-refractivity contribution >= 4 is 23.4 Å². The molecule has 1 N–H and O–H groups in total. The zero-order chi connectivity index (χ0) is 24.8. The van der Waals surface area contributed by atoms with Crippen LogP contribution in [0.2, 0.25) is 0 Å². The van der Waals surface area contributed by atoms with Crippen molar-refractivity contribution in [3.8, 4) is 11.5 Å². The highest BCUT2D eigenvalue weighted by molar-refractivity contribution is 5.95. The zero-order valence-electron chi connectivity index (χ0n) is 20.9. The second-order valence-corrected chi connectivity index (χ2v) is 8.49. The fourth-order valence-corrected chi connectivity index (χ4v) is 4.02. The number of hydrogen-bond donors (Lipinski definition) is 1. The molecule has 0 atom stereocenters. The van der Waals surface area contributed by atoms with Gasteiger partial charge in [0.05, 0.1) is 13.2 Å². The molecule has 8 heteroatoms. The molecular weight excluding hydrogens is 442 g/mol. The summed E-state index contributed by atoms with van der Waals surface area (Å²) in [6.07, 6.45) is 0. The van der Waals surface area contributed by atoms with Gasteiger partial charge in [0.15, 0.2) is 11.5 Å². The van der Waals surface area contributed by atoms with Gasteiger partial charge in [-0.15, -0.1) is 0 Å². The molecule has 2 aromatic carbocycles. The molecule has 0 unspecified atom stereocenters. The Bertz CT molecular complexity index is 1160. The molecule has 1 saturated heterocycles. The number of hydrogen-bond acceptors (Lipinski definition) is 7. The van der Waals surface area contributed by atoms with Crippen LogP contribution in [0.4, 0.5) is 17.5 Å². The molecule has 1 aliphatic heterocycles. The average molecular weight is 476 g/mol. The first kappa shape index (κ1) is 24.3. The third-order valence-corrected chi connectivity index (χ3v) is 5.81. The van der Waals surface area contributed by atoms with Gasteiger partial charge in [0.2, 0.25) is 5.95 Å². The Morgan fingerprint density at radius 2 is 1.57 bits per heavy atom. The van der Waals surface area contributed by atoms with Gasteiger partial charge in [-0.1, -0.05) is 17.7 Å². The topological polar surface area (TPSA) is 79.8 Å². The highest BCUT2D eigenvalue weighted by atomic mass is 16.5. The predicted molar refractivity (Wildman–Crippen MR) is 138 cm³/mol.